The summed E-state index contributed by atoms with van der Waals surface area (Å²) in [6.45, 7) is 4.63. The fourth-order valence-electron chi connectivity index (χ4n) is 2.80. The summed E-state index contributed by atoms with van der Waals surface area (Å²) in [6.07, 6.45) is 7.25. The number of rotatable bonds is 5. The zero-order chi connectivity index (χ0) is 11.5. The molecule has 1 aromatic rings. The van der Waals surface area contributed by atoms with Gasteiger partial charge in [0.05, 0.1) is 12.8 Å². The number of piperidine rings is 1. The van der Waals surface area contributed by atoms with Crippen LogP contribution in [0.25, 0.3) is 0 Å². The Balaban J connectivity index is 1.56. The van der Waals surface area contributed by atoms with E-state index in [2.05, 4.69) is 16.3 Å². The zero-order valence-corrected chi connectivity index (χ0v) is 10.4. The van der Waals surface area contributed by atoms with Crippen LogP contribution in [0.3, 0.4) is 0 Å². The number of hydrogen-bond acceptors (Lipinski definition) is 3. The van der Waals surface area contributed by atoms with E-state index in [1.807, 2.05) is 6.07 Å². The first-order chi connectivity index (χ1) is 8.42. The van der Waals surface area contributed by atoms with E-state index < -0.39 is 0 Å². The van der Waals surface area contributed by atoms with Gasteiger partial charge in [-0.25, -0.2) is 0 Å². The molecule has 1 saturated carbocycles. The fraction of sp³-hybridized carbons (Fsp3) is 0.714. The third-order valence-electron chi connectivity index (χ3n) is 3.89. The molecule has 2 heterocycles. The van der Waals surface area contributed by atoms with Crippen LogP contribution in [0, 0.1) is 5.92 Å². The molecule has 3 heteroatoms. The Labute approximate surface area is 103 Å². The van der Waals surface area contributed by atoms with Crippen LogP contribution in [0.15, 0.2) is 22.8 Å². The number of nitrogens with zero attached hydrogens (tertiary/aromatic N) is 1. The van der Waals surface area contributed by atoms with Gasteiger partial charge in [0.2, 0.25) is 0 Å². The standard InChI is InChI=1S/C14H22N2O/c1-3-12(9-15-7-1)10-16(13-5-6-13)11-14-4-2-8-17-14/h2,4,8,12-13,15H,1,3,5-7,9-11H2. The highest BCUT2D eigenvalue weighted by atomic mass is 16.3. The van der Waals surface area contributed by atoms with Gasteiger partial charge in [0.15, 0.2) is 0 Å². The lowest BCUT2D eigenvalue weighted by atomic mass is 9.99. The summed E-state index contributed by atoms with van der Waals surface area (Å²) < 4.78 is 5.47. The molecule has 0 aromatic carbocycles. The summed E-state index contributed by atoms with van der Waals surface area (Å²) in [5.74, 6) is 1.94. The molecule has 2 fully saturated rings. The van der Waals surface area contributed by atoms with Crippen LogP contribution in [-0.4, -0.2) is 30.6 Å². The van der Waals surface area contributed by atoms with Gasteiger partial charge in [-0.2, -0.15) is 0 Å². The molecule has 94 valence electrons. The van der Waals surface area contributed by atoms with Gasteiger partial charge < -0.3 is 9.73 Å². The van der Waals surface area contributed by atoms with Crippen LogP contribution in [0.5, 0.6) is 0 Å². The zero-order valence-electron chi connectivity index (χ0n) is 10.4. The predicted molar refractivity (Wildman–Crippen MR) is 67.7 cm³/mol. The number of nitrogens with one attached hydrogen (secondary N) is 1. The first-order valence-electron chi connectivity index (χ1n) is 6.89. The maximum absolute atomic E-state index is 5.47. The van der Waals surface area contributed by atoms with Crippen molar-refractivity contribution in [3.8, 4) is 0 Å². The Bertz CT molecular complexity index is 326. The van der Waals surface area contributed by atoms with Crippen LogP contribution >= 0.6 is 0 Å². The molecule has 3 rings (SSSR count). The fourth-order valence-corrected chi connectivity index (χ4v) is 2.80. The lowest BCUT2D eigenvalue weighted by molar-refractivity contribution is 0.181. The van der Waals surface area contributed by atoms with Crippen molar-refractivity contribution in [1.29, 1.82) is 0 Å². The highest BCUT2D eigenvalue weighted by Crippen LogP contribution is 2.30. The highest BCUT2D eigenvalue weighted by Gasteiger charge is 2.31. The van der Waals surface area contributed by atoms with Gasteiger partial charge in [0, 0.05) is 12.6 Å². The van der Waals surface area contributed by atoms with E-state index in [1.165, 1.54) is 45.3 Å². The van der Waals surface area contributed by atoms with E-state index in [1.54, 1.807) is 6.26 Å². The summed E-state index contributed by atoms with van der Waals surface area (Å²) in [4.78, 5) is 2.62. The molecule has 1 saturated heterocycles. The molecule has 0 spiro atoms. The minimum atomic E-state index is 0.821. The van der Waals surface area contributed by atoms with Gasteiger partial charge in [-0.05, 0) is 56.8 Å². The summed E-state index contributed by atoms with van der Waals surface area (Å²) in [6, 6.07) is 4.90. The smallest absolute Gasteiger partial charge is 0.117 e. The van der Waals surface area contributed by atoms with E-state index in [0.717, 1.165) is 24.3 Å². The van der Waals surface area contributed by atoms with Gasteiger partial charge >= 0.3 is 0 Å². The monoisotopic (exact) mass is 234 g/mol. The maximum atomic E-state index is 5.47. The Morgan fingerprint density at radius 3 is 2.94 bits per heavy atom. The number of furan rings is 1. The third kappa shape index (κ3) is 3.11. The lowest BCUT2D eigenvalue weighted by Crippen LogP contribution is -2.38. The Morgan fingerprint density at radius 1 is 1.35 bits per heavy atom. The maximum Gasteiger partial charge on any atom is 0.117 e. The van der Waals surface area contributed by atoms with Crippen molar-refractivity contribution in [2.75, 3.05) is 19.6 Å². The third-order valence-corrected chi connectivity index (χ3v) is 3.89. The van der Waals surface area contributed by atoms with Crippen LogP contribution in [0.2, 0.25) is 0 Å². The molecule has 1 aliphatic carbocycles. The van der Waals surface area contributed by atoms with E-state index in [-0.39, 0.29) is 0 Å². The molecule has 0 bridgehead atoms. The van der Waals surface area contributed by atoms with E-state index in [9.17, 15) is 0 Å². The topological polar surface area (TPSA) is 28.4 Å². The molecule has 1 aromatic heterocycles. The largest absolute Gasteiger partial charge is 0.468 e. The van der Waals surface area contributed by atoms with Gasteiger partial charge in [0.1, 0.15) is 5.76 Å². The summed E-state index contributed by atoms with van der Waals surface area (Å²) in [7, 11) is 0. The average Bonchev–Trinajstić information content (AvgIpc) is 3.09. The summed E-state index contributed by atoms with van der Waals surface area (Å²) >= 11 is 0. The lowest BCUT2D eigenvalue weighted by Gasteiger charge is -2.29. The van der Waals surface area contributed by atoms with Crippen molar-refractivity contribution in [2.24, 2.45) is 5.92 Å². The quantitative estimate of drug-likeness (QED) is 0.847. The van der Waals surface area contributed by atoms with Gasteiger partial charge in [-0.15, -0.1) is 0 Å². The SMILES string of the molecule is c1coc(CN(CC2CCCNC2)C2CC2)c1. The van der Waals surface area contributed by atoms with Crippen LogP contribution in [0.1, 0.15) is 31.4 Å². The molecule has 1 atom stereocenters. The van der Waals surface area contributed by atoms with Crippen LogP contribution < -0.4 is 5.32 Å². The Hall–Kier alpha value is -0.800. The van der Waals surface area contributed by atoms with Crippen LogP contribution in [-0.2, 0) is 6.54 Å². The van der Waals surface area contributed by atoms with E-state index in [4.69, 9.17) is 4.42 Å². The van der Waals surface area contributed by atoms with Crippen molar-refractivity contribution in [3.05, 3.63) is 24.2 Å². The second-order valence-electron chi connectivity index (χ2n) is 5.45. The van der Waals surface area contributed by atoms with Gasteiger partial charge in [0.25, 0.3) is 0 Å². The Morgan fingerprint density at radius 2 is 2.29 bits per heavy atom. The average molecular weight is 234 g/mol. The molecule has 0 amide bonds. The molecule has 0 radical (unpaired) electrons. The van der Waals surface area contributed by atoms with Crippen molar-refractivity contribution in [2.45, 2.75) is 38.3 Å². The molecular formula is C14H22N2O. The minimum absolute atomic E-state index is 0.821. The van der Waals surface area contributed by atoms with Crippen molar-refractivity contribution < 1.29 is 4.42 Å². The summed E-state index contributed by atoms with van der Waals surface area (Å²) in [5.41, 5.74) is 0. The van der Waals surface area contributed by atoms with E-state index in [0.29, 0.717) is 0 Å². The predicted octanol–water partition coefficient (Wildman–Crippen LogP) is 2.24. The second-order valence-corrected chi connectivity index (χ2v) is 5.45. The molecular weight excluding hydrogens is 212 g/mol. The Kier molecular flexibility index (Phi) is 3.48. The summed E-state index contributed by atoms with van der Waals surface area (Å²) in [5, 5.41) is 3.51. The van der Waals surface area contributed by atoms with Gasteiger partial charge in [-0.3, -0.25) is 4.90 Å². The molecule has 1 unspecified atom stereocenters. The molecule has 1 aliphatic heterocycles. The highest BCUT2D eigenvalue weighted by molar-refractivity contribution is 5.00. The molecule has 2 aliphatic rings. The van der Waals surface area contributed by atoms with Gasteiger partial charge in [-0.1, -0.05) is 0 Å². The normalized spacial score (nSPS) is 25.4. The van der Waals surface area contributed by atoms with Crippen LogP contribution in [0.4, 0.5) is 0 Å². The van der Waals surface area contributed by atoms with Crippen molar-refractivity contribution >= 4 is 0 Å². The van der Waals surface area contributed by atoms with Crippen molar-refractivity contribution in [1.82, 2.24) is 10.2 Å². The molecule has 1 N–H and O–H groups in total. The first kappa shape index (κ1) is 11.3. The first-order valence-corrected chi connectivity index (χ1v) is 6.89. The second kappa shape index (κ2) is 5.23. The van der Waals surface area contributed by atoms with Crippen molar-refractivity contribution in [3.63, 3.8) is 0 Å². The molecule has 3 nitrogen and oxygen atoms in total. The number of hydrogen-bond donors (Lipinski definition) is 1. The van der Waals surface area contributed by atoms with E-state index >= 15 is 0 Å². The minimum Gasteiger partial charge on any atom is -0.468 e. The molecule has 17 heavy (non-hydrogen) atoms.